The maximum absolute atomic E-state index is 14.1. The summed E-state index contributed by atoms with van der Waals surface area (Å²) < 4.78 is 41.0. The smallest absolute Gasteiger partial charge is 0.410 e. The zero-order valence-electron chi connectivity index (χ0n) is 54.3. The Bertz CT molecular complexity index is 4330. The van der Waals surface area contributed by atoms with E-state index >= 15 is 0 Å². The third-order valence-corrected chi connectivity index (χ3v) is 19.4. The molecule has 19 heteroatoms. The number of ether oxygens (including phenoxy) is 3. The molecule has 0 radical (unpaired) electrons. The highest BCUT2D eigenvalue weighted by Gasteiger charge is 2.44. The second kappa shape index (κ2) is 32.7. The molecule has 2 aliphatic rings. The topological polar surface area (TPSA) is 178 Å². The molecule has 2 heterocycles. The quantitative estimate of drug-likeness (QED) is 0.0447. The van der Waals surface area contributed by atoms with Gasteiger partial charge in [0.05, 0.1) is 41.7 Å². The number of rotatable bonds is 19. The van der Waals surface area contributed by atoms with Gasteiger partial charge in [-0.3, -0.25) is 14.5 Å². The summed E-state index contributed by atoms with van der Waals surface area (Å²) in [6.45, 7) is 9.15. The van der Waals surface area contributed by atoms with E-state index in [1.54, 1.807) is 56.0 Å². The SMILES string of the molecule is C.CC(C)(C)OC(=O)N1CCc2c(cc(Cl)c(C(=O)N[C@@H](Cc3cccc(S(C)(=O)=O)c3)C(=O)OCc3ccccc3)c2Cl)C1.Cc1cccc(C[C@H](NC(=O)c2c(Cl)cc3c(c2Cl)CCN(C(c2ccccc2)(c2ccccc2)c2ccccc2)C3)C(=O)OCc2ccccc2)c1. The Hall–Kier alpha value is -8.80. The first-order chi connectivity index (χ1) is 46.5. The van der Waals surface area contributed by atoms with Crippen LogP contribution in [0.4, 0.5) is 4.79 Å². The largest absolute Gasteiger partial charge is 0.459 e. The van der Waals surface area contributed by atoms with Crippen LogP contribution in [-0.4, -0.2) is 85.1 Å². The summed E-state index contributed by atoms with van der Waals surface area (Å²) >= 11 is 27.4. The van der Waals surface area contributed by atoms with E-state index < -0.39 is 62.9 Å². The maximum atomic E-state index is 14.1. The normalized spacial score (nSPS) is 13.5. The number of carbonyl (C=O) groups excluding carboxylic acids is 5. The lowest BCUT2D eigenvalue weighted by Gasteiger charge is -2.48. The lowest BCUT2D eigenvalue weighted by Crippen LogP contribution is -2.50. The Morgan fingerprint density at radius 3 is 1.34 bits per heavy atom. The first-order valence-electron chi connectivity index (χ1n) is 31.7. The first kappa shape index (κ1) is 73.4. The Balaban J connectivity index is 0.000000231. The fraction of sp³-hybridized carbons (Fsp3) is 0.253. The van der Waals surface area contributed by atoms with Crippen molar-refractivity contribution in [3.63, 3.8) is 0 Å². The van der Waals surface area contributed by atoms with Crippen molar-refractivity contribution >= 4 is 86.1 Å². The molecule has 14 nitrogen and oxygen atoms in total. The summed E-state index contributed by atoms with van der Waals surface area (Å²) in [5.41, 5.74) is 9.57. The fourth-order valence-corrected chi connectivity index (χ4v) is 14.5. The number of nitrogens with zero attached hydrogens (tertiary/aromatic N) is 2. The molecule has 2 aliphatic heterocycles. The van der Waals surface area contributed by atoms with Crippen LogP contribution in [0.2, 0.25) is 20.1 Å². The molecule has 11 rings (SSSR count). The minimum Gasteiger partial charge on any atom is -0.459 e. The number of hydrogen-bond donors (Lipinski definition) is 2. The standard InChI is InChI=1S/C46H40Cl2N2O3.C32H34Cl2N2O7S.CH4/c1-32-15-14-18-34(27-32)28-41(45(52)53-31-33-16-6-2-7-17-33)49-44(51)42-40(47)29-35-30-50(26-25-39(35)43(42)48)46(36-19-8-3-9-20-36,37-21-10-4-11-22-37)38-23-12-5-13-24-38;1-32(2,3)43-31(39)36-14-13-24-22(18-36)17-25(33)27(28(24)34)29(37)35-26(30(38)42-19-20-9-6-5-7-10-20)16-21-11-8-12-23(15-21)44(4,40)41;/h2-24,27,29,41H,25-26,28,30-31H2,1H3,(H,49,51);5-12,15,17,26H,13-14,16,18-19H2,1-4H3,(H,35,37);1H4/t41-;26-;/m00./s1. The Morgan fingerprint density at radius 2 is 0.908 bits per heavy atom. The van der Waals surface area contributed by atoms with Crippen LogP contribution >= 0.6 is 46.4 Å². The highest BCUT2D eigenvalue weighted by atomic mass is 35.5. The van der Waals surface area contributed by atoms with E-state index in [4.69, 9.17) is 60.6 Å². The molecular formula is C79H78Cl4N4O10S. The summed E-state index contributed by atoms with van der Waals surface area (Å²) in [4.78, 5) is 71.3. The van der Waals surface area contributed by atoms with Crippen LogP contribution in [0.3, 0.4) is 0 Å². The van der Waals surface area contributed by atoms with E-state index in [-0.39, 0.29) is 71.1 Å². The van der Waals surface area contributed by atoms with E-state index in [0.717, 1.165) is 56.3 Å². The number of aryl methyl sites for hydroxylation is 1. The summed E-state index contributed by atoms with van der Waals surface area (Å²) in [7, 11) is -3.50. The zero-order chi connectivity index (χ0) is 69.0. The average molecular weight is 1420 g/mol. The van der Waals surface area contributed by atoms with E-state index in [0.29, 0.717) is 54.2 Å². The van der Waals surface area contributed by atoms with Crippen molar-refractivity contribution in [2.75, 3.05) is 19.3 Å². The van der Waals surface area contributed by atoms with Crippen molar-refractivity contribution in [1.29, 1.82) is 0 Å². The third-order valence-electron chi connectivity index (χ3n) is 16.9. The summed E-state index contributed by atoms with van der Waals surface area (Å²) in [6, 6.07) is 65.5. The number of benzene rings is 9. The molecule has 0 fully saturated rings. The van der Waals surface area contributed by atoms with Gasteiger partial charge in [-0.05, 0) is 126 Å². The molecule has 508 valence electrons. The molecule has 2 N–H and O–H groups in total. The molecule has 0 bridgehead atoms. The van der Waals surface area contributed by atoms with Gasteiger partial charge in [-0.25, -0.2) is 22.8 Å². The van der Waals surface area contributed by atoms with Gasteiger partial charge in [-0.15, -0.1) is 0 Å². The molecule has 0 aromatic heterocycles. The molecule has 9 aromatic rings. The number of fused-ring (bicyclic) bond motifs is 2. The van der Waals surface area contributed by atoms with Crippen LogP contribution in [0.25, 0.3) is 0 Å². The van der Waals surface area contributed by atoms with Crippen LogP contribution in [0.1, 0.15) is 116 Å². The molecule has 98 heavy (non-hydrogen) atoms. The van der Waals surface area contributed by atoms with Crippen molar-refractivity contribution in [3.8, 4) is 0 Å². The van der Waals surface area contributed by atoms with Gasteiger partial charge in [0.2, 0.25) is 0 Å². The van der Waals surface area contributed by atoms with Crippen molar-refractivity contribution in [2.24, 2.45) is 0 Å². The van der Waals surface area contributed by atoms with Crippen LogP contribution in [0.15, 0.2) is 217 Å². The second-order valence-electron chi connectivity index (χ2n) is 25.1. The average Bonchev–Trinajstić information content (AvgIpc) is 0.729. The van der Waals surface area contributed by atoms with Gasteiger partial charge in [-0.2, -0.15) is 0 Å². The molecule has 0 saturated carbocycles. The van der Waals surface area contributed by atoms with Gasteiger partial charge < -0.3 is 29.7 Å². The summed E-state index contributed by atoms with van der Waals surface area (Å²) in [6.07, 6.45) is 1.78. The predicted molar refractivity (Wildman–Crippen MR) is 386 cm³/mol. The molecule has 0 unspecified atom stereocenters. The van der Waals surface area contributed by atoms with Crippen LogP contribution in [-0.2, 0) is 91.2 Å². The molecule has 0 aliphatic carbocycles. The Kier molecular flexibility index (Phi) is 24.5. The van der Waals surface area contributed by atoms with E-state index in [1.165, 1.54) is 12.1 Å². The number of hydrogen-bond acceptors (Lipinski definition) is 11. The van der Waals surface area contributed by atoms with Gasteiger partial charge in [0.25, 0.3) is 11.8 Å². The molecule has 0 spiro atoms. The van der Waals surface area contributed by atoms with Gasteiger partial charge in [0.1, 0.15) is 30.9 Å². The first-order valence-corrected chi connectivity index (χ1v) is 35.1. The third kappa shape index (κ3) is 17.9. The Morgan fingerprint density at radius 1 is 0.510 bits per heavy atom. The predicted octanol–water partition coefficient (Wildman–Crippen LogP) is 16.1. The molecular weight excluding hydrogens is 1340 g/mol. The molecule has 3 amide bonds. The molecule has 9 aromatic carbocycles. The van der Waals surface area contributed by atoms with Gasteiger partial charge in [0, 0.05) is 45.3 Å². The van der Waals surface area contributed by atoms with Crippen LogP contribution in [0.5, 0.6) is 0 Å². The maximum Gasteiger partial charge on any atom is 0.410 e. The van der Waals surface area contributed by atoms with Gasteiger partial charge >= 0.3 is 18.0 Å². The number of sulfone groups is 1. The lowest BCUT2D eigenvalue weighted by atomic mass is 9.74. The Labute approximate surface area is 594 Å². The van der Waals surface area contributed by atoms with Crippen molar-refractivity contribution in [2.45, 2.75) is 115 Å². The molecule has 0 saturated heterocycles. The molecule has 2 atom stereocenters. The van der Waals surface area contributed by atoms with E-state index in [2.05, 4.69) is 88.3 Å². The van der Waals surface area contributed by atoms with Crippen molar-refractivity contribution in [1.82, 2.24) is 20.4 Å². The van der Waals surface area contributed by atoms with Crippen molar-refractivity contribution < 1.29 is 46.6 Å². The highest BCUT2D eigenvalue weighted by molar-refractivity contribution is 7.90. The summed E-state index contributed by atoms with van der Waals surface area (Å²) in [5, 5.41) is 6.34. The summed E-state index contributed by atoms with van der Waals surface area (Å²) in [5.74, 6) is -2.47. The van der Waals surface area contributed by atoms with E-state index in [1.807, 2.05) is 104 Å². The lowest BCUT2D eigenvalue weighted by molar-refractivity contribution is -0.148. The number of esters is 2. The monoisotopic (exact) mass is 1410 g/mol. The number of amides is 3. The number of nitrogens with one attached hydrogen (secondary N) is 2. The minimum atomic E-state index is -3.50. The fourth-order valence-electron chi connectivity index (χ4n) is 12.3. The van der Waals surface area contributed by atoms with Gasteiger partial charge in [-0.1, -0.05) is 247 Å². The van der Waals surface area contributed by atoms with Crippen molar-refractivity contribution in [3.05, 3.63) is 310 Å². The van der Waals surface area contributed by atoms with Crippen LogP contribution in [0, 0.1) is 6.92 Å². The van der Waals surface area contributed by atoms with Gasteiger partial charge in [0.15, 0.2) is 9.84 Å². The van der Waals surface area contributed by atoms with Crippen LogP contribution < -0.4 is 10.6 Å². The number of halogens is 4. The highest BCUT2D eigenvalue weighted by Crippen LogP contribution is 2.46. The minimum absolute atomic E-state index is 0. The van der Waals surface area contributed by atoms with E-state index in [9.17, 15) is 32.4 Å². The second-order valence-corrected chi connectivity index (χ2v) is 28.6. The number of carbonyl (C=O) groups is 5. The zero-order valence-corrected chi connectivity index (χ0v) is 58.2.